The zero-order valence-corrected chi connectivity index (χ0v) is 13.8. The summed E-state index contributed by atoms with van der Waals surface area (Å²) in [5.41, 5.74) is 5.44. The SMILES string of the molecule is NCC1(C(=O)Nc2c(Br)cc(Br)cc2C(=O)O)CCC1. The number of rotatable bonds is 4. The quantitative estimate of drug-likeness (QED) is 0.717. The Labute approximate surface area is 133 Å². The van der Waals surface area contributed by atoms with Gasteiger partial charge in [-0.1, -0.05) is 22.4 Å². The summed E-state index contributed by atoms with van der Waals surface area (Å²) in [5, 5.41) is 12.0. The molecule has 1 aliphatic rings. The van der Waals surface area contributed by atoms with Crippen LogP contribution >= 0.6 is 31.9 Å². The summed E-state index contributed by atoms with van der Waals surface area (Å²) < 4.78 is 1.14. The Hall–Kier alpha value is -0.920. The highest BCUT2D eigenvalue weighted by molar-refractivity contribution is 9.11. The van der Waals surface area contributed by atoms with E-state index in [-0.39, 0.29) is 23.7 Å². The Kier molecular flexibility index (Phi) is 4.51. The average Bonchev–Trinajstić information content (AvgIpc) is 2.31. The summed E-state index contributed by atoms with van der Waals surface area (Å²) >= 11 is 6.52. The molecular formula is C13H14Br2N2O3. The number of benzene rings is 1. The van der Waals surface area contributed by atoms with Gasteiger partial charge in [0, 0.05) is 15.5 Å². The second-order valence-corrected chi connectivity index (χ2v) is 6.68. The fourth-order valence-corrected chi connectivity index (χ4v) is 3.57. The lowest BCUT2D eigenvalue weighted by atomic mass is 9.68. The van der Waals surface area contributed by atoms with Gasteiger partial charge >= 0.3 is 5.97 Å². The van der Waals surface area contributed by atoms with E-state index in [1.807, 2.05) is 0 Å². The van der Waals surface area contributed by atoms with Crippen molar-refractivity contribution in [2.75, 3.05) is 11.9 Å². The number of amides is 1. The number of carboxylic acids is 1. The van der Waals surface area contributed by atoms with E-state index in [0.717, 1.165) is 19.3 Å². The molecular weight excluding hydrogens is 392 g/mol. The van der Waals surface area contributed by atoms with Crippen LogP contribution in [-0.2, 0) is 4.79 Å². The highest BCUT2D eigenvalue weighted by Crippen LogP contribution is 2.42. The molecule has 108 valence electrons. The van der Waals surface area contributed by atoms with Gasteiger partial charge in [-0.05, 0) is 40.9 Å². The van der Waals surface area contributed by atoms with Gasteiger partial charge in [-0.2, -0.15) is 0 Å². The van der Waals surface area contributed by atoms with E-state index in [9.17, 15) is 14.7 Å². The predicted octanol–water partition coefficient (Wildman–Crippen LogP) is 2.98. The number of hydrogen-bond acceptors (Lipinski definition) is 3. The average molecular weight is 406 g/mol. The van der Waals surface area contributed by atoms with Crippen LogP contribution in [0.5, 0.6) is 0 Å². The van der Waals surface area contributed by atoms with Crippen LogP contribution in [0.3, 0.4) is 0 Å². The van der Waals surface area contributed by atoms with Crippen molar-refractivity contribution in [3.05, 3.63) is 26.6 Å². The minimum atomic E-state index is -1.10. The largest absolute Gasteiger partial charge is 0.478 e. The molecule has 1 fully saturated rings. The Morgan fingerprint density at radius 2 is 2.00 bits per heavy atom. The smallest absolute Gasteiger partial charge is 0.337 e. The number of carbonyl (C=O) groups is 2. The normalized spacial score (nSPS) is 16.4. The number of nitrogens with one attached hydrogen (secondary N) is 1. The Balaban J connectivity index is 2.34. The fourth-order valence-electron chi connectivity index (χ4n) is 2.24. The van der Waals surface area contributed by atoms with Gasteiger partial charge in [0.1, 0.15) is 0 Å². The van der Waals surface area contributed by atoms with Crippen LogP contribution in [-0.4, -0.2) is 23.5 Å². The molecule has 0 aliphatic heterocycles. The number of carbonyl (C=O) groups excluding carboxylic acids is 1. The van der Waals surface area contributed by atoms with Crippen LogP contribution in [0.25, 0.3) is 0 Å². The summed E-state index contributed by atoms with van der Waals surface area (Å²) in [7, 11) is 0. The van der Waals surface area contributed by atoms with Crippen LogP contribution in [0.15, 0.2) is 21.1 Å². The third-order valence-electron chi connectivity index (χ3n) is 3.71. The first kappa shape index (κ1) is 15.5. The molecule has 1 aromatic rings. The van der Waals surface area contributed by atoms with E-state index in [1.165, 1.54) is 6.07 Å². The topological polar surface area (TPSA) is 92.4 Å². The summed E-state index contributed by atoms with van der Waals surface area (Å²) in [5.74, 6) is -1.31. The highest BCUT2D eigenvalue weighted by atomic mass is 79.9. The van der Waals surface area contributed by atoms with Crippen molar-refractivity contribution in [3.8, 4) is 0 Å². The summed E-state index contributed by atoms with van der Waals surface area (Å²) in [6.07, 6.45) is 2.45. The van der Waals surface area contributed by atoms with Gasteiger partial charge in [-0.15, -0.1) is 0 Å². The van der Waals surface area contributed by atoms with Crippen molar-refractivity contribution < 1.29 is 14.7 Å². The molecule has 4 N–H and O–H groups in total. The molecule has 5 nitrogen and oxygen atoms in total. The maximum Gasteiger partial charge on any atom is 0.337 e. The van der Waals surface area contributed by atoms with Crippen molar-refractivity contribution in [1.82, 2.24) is 0 Å². The maximum atomic E-state index is 12.3. The maximum absolute atomic E-state index is 12.3. The number of nitrogens with two attached hydrogens (primary N) is 1. The molecule has 7 heteroatoms. The lowest BCUT2D eigenvalue weighted by Crippen LogP contribution is -2.47. The molecule has 0 unspecified atom stereocenters. The number of halogens is 2. The molecule has 1 amide bonds. The summed E-state index contributed by atoms with van der Waals surface area (Å²) in [4.78, 5) is 23.6. The van der Waals surface area contributed by atoms with Crippen LogP contribution in [0, 0.1) is 5.41 Å². The zero-order chi connectivity index (χ0) is 14.9. The van der Waals surface area contributed by atoms with Crippen molar-refractivity contribution in [1.29, 1.82) is 0 Å². The predicted molar refractivity (Wildman–Crippen MR) is 82.8 cm³/mol. The minimum absolute atomic E-state index is 0.0334. The second kappa shape index (κ2) is 5.83. The van der Waals surface area contributed by atoms with Gasteiger partial charge in [0.2, 0.25) is 5.91 Å². The van der Waals surface area contributed by atoms with E-state index in [1.54, 1.807) is 6.07 Å². The van der Waals surface area contributed by atoms with E-state index in [0.29, 0.717) is 8.95 Å². The van der Waals surface area contributed by atoms with E-state index in [4.69, 9.17) is 5.73 Å². The molecule has 0 heterocycles. The Morgan fingerprint density at radius 3 is 2.45 bits per heavy atom. The number of carboxylic acid groups (broad SMARTS) is 1. The van der Waals surface area contributed by atoms with Gasteiger partial charge < -0.3 is 16.2 Å². The molecule has 2 rings (SSSR count). The standard InChI is InChI=1S/C13H14Br2N2O3/c14-7-4-8(11(18)19)10(9(15)5-7)17-12(20)13(6-16)2-1-3-13/h4-5H,1-3,6,16H2,(H,17,20)(H,18,19). The molecule has 0 aromatic heterocycles. The molecule has 0 saturated heterocycles. The number of aromatic carboxylic acids is 1. The second-order valence-electron chi connectivity index (χ2n) is 4.91. The number of hydrogen-bond donors (Lipinski definition) is 3. The molecule has 0 radical (unpaired) electrons. The molecule has 0 atom stereocenters. The lowest BCUT2D eigenvalue weighted by Gasteiger charge is -2.39. The third kappa shape index (κ3) is 2.75. The first-order chi connectivity index (χ1) is 9.39. The first-order valence-electron chi connectivity index (χ1n) is 6.13. The highest BCUT2D eigenvalue weighted by Gasteiger charge is 2.43. The Morgan fingerprint density at radius 1 is 1.35 bits per heavy atom. The fraction of sp³-hybridized carbons (Fsp3) is 0.385. The van der Waals surface area contributed by atoms with Crippen molar-refractivity contribution in [2.24, 2.45) is 11.1 Å². The van der Waals surface area contributed by atoms with Gasteiger partial charge in [0.25, 0.3) is 0 Å². The van der Waals surface area contributed by atoms with E-state index in [2.05, 4.69) is 37.2 Å². The molecule has 1 aromatic carbocycles. The molecule has 0 spiro atoms. The molecule has 1 saturated carbocycles. The molecule has 20 heavy (non-hydrogen) atoms. The van der Waals surface area contributed by atoms with Crippen LogP contribution < -0.4 is 11.1 Å². The van der Waals surface area contributed by atoms with E-state index >= 15 is 0 Å². The van der Waals surface area contributed by atoms with Crippen molar-refractivity contribution in [2.45, 2.75) is 19.3 Å². The van der Waals surface area contributed by atoms with Crippen molar-refractivity contribution in [3.63, 3.8) is 0 Å². The van der Waals surface area contributed by atoms with E-state index < -0.39 is 11.4 Å². The molecule has 0 bridgehead atoms. The summed E-state index contributed by atoms with van der Waals surface area (Å²) in [6, 6.07) is 3.15. The first-order valence-corrected chi connectivity index (χ1v) is 7.72. The van der Waals surface area contributed by atoms with Gasteiger partial charge in [-0.3, -0.25) is 4.79 Å². The van der Waals surface area contributed by atoms with Gasteiger partial charge in [0.15, 0.2) is 0 Å². The van der Waals surface area contributed by atoms with Crippen LogP contribution in [0.2, 0.25) is 0 Å². The van der Waals surface area contributed by atoms with Gasteiger partial charge in [0.05, 0.1) is 16.7 Å². The monoisotopic (exact) mass is 404 g/mol. The van der Waals surface area contributed by atoms with Crippen LogP contribution in [0.4, 0.5) is 5.69 Å². The van der Waals surface area contributed by atoms with Crippen LogP contribution in [0.1, 0.15) is 29.6 Å². The minimum Gasteiger partial charge on any atom is -0.478 e. The lowest BCUT2D eigenvalue weighted by molar-refractivity contribution is -0.129. The zero-order valence-electron chi connectivity index (χ0n) is 10.6. The molecule has 1 aliphatic carbocycles. The third-order valence-corrected chi connectivity index (χ3v) is 4.79. The number of anilines is 1. The summed E-state index contributed by atoms with van der Waals surface area (Å²) in [6.45, 7) is 0.273. The van der Waals surface area contributed by atoms with Crippen molar-refractivity contribution >= 4 is 49.4 Å². The van der Waals surface area contributed by atoms with Gasteiger partial charge in [-0.25, -0.2) is 4.79 Å². The Bertz CT molecular complexity index is 565.